The van der Waals surface area contributed by atoms with E-state index in [9.17, 15) is 0 Å². The SMILES string of the molecule is CCC(O)[As](C)C. The Balaban J connectivity index is 3.14. The molecule has 0 aromatic rings. The van der Waals surface area contributed by atoms with Crippen LogP contribution in [0.2, 0.25) is 11.4 Å². The van der Waals surface area contributed by atoms with Gasteiger partial charge in [0.05, 0.1) is 0 Å². The molecule has 0 bridgehead atoms. The van der Waals surface area contributed by atoms with Crippen LogP contribution < -0.4 is 0 Å². The Labute approximate surface area is 50.0 Å². The summed E-state index contributed by atoms with van der Waals surface area (Å²) < 4.78 is 0. The summed E-state index contributed by atoms with van der Waals surface area (Å²) in [7, 11) is 0. The van der Waals surface area contributed by atoms with Gasteiger partial charge in [-0.05, 0) is 0 Å². The average molecular weight is 164 g/mol. The van der Waals surface area contributed by atoms with Crippen molar-refractivity contribution in [1.82, 2.24) is 0 Å². The van der Waals surface area contributed by atoms with E-state index < -0.39 is 14.7 Å². The van der Waals surface area contributed by atoms with Crippen molar-refractivity contribution >= 4 is 14.7 Å². The molecular weight excluding hydrogens is 151 g/mol. The van der Waals surface area contributed by atoms with Crippen molar-refractivity contribution < 1.29 is 5.11 Å². The minimum absolute atomic E-state index is 0.0486. The molecule has 0 rings (SSSR count). The molecular formula is C5H13AsO. The van der Waals surface area contributed by atoms with Crippen molar-refractivity contribution in [3.8, 4) is 0 Å². The third-order valence-corrected chi connectivity index (χ3v) is 4.23. The molecule has 0 radical (unpaired) electrons. The molecule has 1 N–H and O–H groups in total. The van der Waals surface area contributed by atoms with E-state index in [-0.39, 0.29) is 4.89 Å². The van der Waals surface area contributed by atoms with Crippen LogP contribution in [0.1, 0.15) is 13.3 Å². The molecule has 0 aliphatic heterocycles. The summed E-state index contributed by atoms with van der Waals surface area (Å²) in [5.41, 5.74) is 4.34. The summed E-state index contributed by atoms with van der Waals surface area (Å²) in [6, 6.07) is 0. The van der Waals surface area contributed by atoms with E-state index in [1.165, 1.54) is 0 Å². The fraction of sp³-hybridized carbons (Fsp3) is 1.00. The summed E-state index contributed by atoms with van der Waals surface area (Å²) in [5.74, 6) is 0. The third-order valence-electron chi connectivity index (χ3n) is 0.961. The van der Waals surface area contributed by atoms with Crippen molar-refractivity contribution in [3.63, 3.8) is 0 Å². The first-order valence-electron chi connectivity index (χ1n) is 2.53. The predicted molar refractivity (Wildman–Crippen MR) is 33.8 cm³/mol. The molecule has 7 heavy (non-hydrogen) atoms. The third kappa shape index (κ3) is 3.13. The molecule has 0 saturated heterocycles. The Morgan fingerprint density at radius 3 is 2.00 bits per heavy atom. The average Bonchev–Trinajstić information content (AvgIpc) is 1.65. The molecule has 44 valence electrons. The van der Waals surface area contributed by atoms with Crippen LogP contribution in [-0.4, -0.2) is 24.6 Å². The van der Waals surface area contributed by atoms with Crippen molar-refractivity contribution in [1.29, 1.82) is 0 Å². The fourth-order valence-corrected chi connectivity index (χ4v) is 1.90. The maximum absolute atomic E-state index is 9.00. The van der Waals surface area contributed by atoms with Gasteiger partial charge in [0, 0.05) is 0 Å². The van der Waals surface area contributed by atoms with Gasteiger partial charge in [0.2, 0.25) is 0 Å². The number of hydrogen-bond donors (Lipinski definition) is 1. The number of aliphatic hydroxyl groups is 1. The molecule has 1 atom stereocenters. The standard InChI is InChI=1S/C5H13AsO/c1-4-5(7)6(2)3/h5,7H,4H2,1-3H3. The second kappa shape index (κ2) is 3.51. The van der Waals surface area contributed by atoms with E-state index in [4.69, 9.17) is 5.11 Å². The summed E-state index contributed by atoms with van der Waals surface area (Å²) >= 11 is -0.766. The maximum atomic E-state index is 9.00. The zero-order valence-electron chi connectivity index (χ0n) is 5.18. The molecule has 0 aliphatic carbocycles. The first-order valence-corrected chi connectivity index (χ1v) is 7.36. The Bertz CT molecular complexity index is 45.3. The monoisotopic (exact) mass is 164 g/mol. The second-order valence-electron chi connectivity index (χ2n) is 1.85. The van der Waals surface area contributed by atoms with E-state index in [0.717, 1.165) is 6.42 Å². The van der Waals surface area contributed by atoms with Crippen molar-refractivity contribution in [2.24, 2.45) is 0 Å². The molecule has 0 spiro atoms. The Morgan fingerprint density at radius 2 is 2.00 bits per heavy atom. The van der Waals surface area contributed by atoms with Crippen LogP contribution in [0, 0.1) is 0 Å². The quantitative estimate of drug-likeness (QED) is 0.605. The summed E-state index contributed by atoms with van der Waals surface area (Å²) in [6.07, 6.45) is 0.938. The predicted octanol–water partition coefficient (Wildman–Crippen LogP) is 1.05. The molecule has 0 fully saturated rings. The Kier molecular flexibility index (Phi) is 3.77. The number of rotatable bonds is 2. The molecule has 2 heteroatoms. The second-order valence-corrected chi connectivity index (χ2v) is 7.15. The molecule has 0 saturated carbocycles. The zero-order chi connectivity index (χ0) is 5.86. The molecule has 1 nitrogen and oxygen atoms in total. The molecule has 0 aliphatic rings. The topological polar surface area (TPSA) is 20.2 Å². The van der Waals surface area contributed by atoms with Crippen LogP contribution in [0.25, 0.3) is 0 Å². The van der Waals surface area contributed by atoms with Crippen LogP contribution in [-0.2, 0) is 0 Å². The molecule has 0 aromatic carbocycles. The van der Waals surface area contributed by atoms with Gasteiger partial charge in [-0.3, -0.25) is 0 Å². The van der Waals surface area contributed by atoms with Crippen LogP contribution >= 0.6 is 0 Å². The fourth-order valence-electron chi connectivity index (χ4n) is 0.365. The van der Waals surface area contributed by atoms with Gasteiger partial charge in [-0.2, -0.15) is 0 Å². The van der Waals surface area contributed by atoms with Gasteiger partial charge >= 0.3 is 49.4 Å². The summed E-state index contributed by atoms with van der Waals surface area (Å²) in [5, 5.41) is 9.00. The van der Waals surface area contributed by atoms with Crippen molar-refractivity contribution in [2.45, 2.75) is 29.7 Å². The van der Waals surface area contributed by atoms with Crippen LogP contribution in [0.3, 0.4) is 0 Å². The first-order chi connectivity index (χ1) is 3.18. The summed E-state index contributed by atoms with van der Waals surface area (Å²) in [4.78, 5) is 0.0486. The van der Waals surface area contributed by atoms with Gasteiger partial charge in [-0.15, -0.1) is 0 Å². The summed E-state index contributed by atoms with van der Waals surface area (Å²) in [6.45, 7) is 2.03. The van der Waals surface area contributed by atoms with Crippen LogP contribution in [0.15, 0.2) is 0 Å². The minimum atomic E-state index is -0.766. The zero-order valence-corrected chi connectivity index (χ0v) is 7.06. The number of aliphatic hydroxyl groups excluding tert-OH is 1. The van der Waals surface area contributed by atoms with Gasteiger partial charge in [-0.1, -0.05) is 0 Å². The Morgan fingerprint density at radius 1 is 1.57 bits per heavy atom. The van der Waals surface area contributed by atoms with Crippen LogP contribution in [0.5, 0.6) is 0 Å². The van der Waals surface area contributed by atoms with E-state index in [1.807, 2.05) is 6.92 Å². The first kappa shape index (κ1) is 7.52. The van der Waals surface area contributed by atoms with Crippen molar-refractivity contribution in [3.05, 3.63) is 0 Å². The van der Waals surface area contributed by atoms with Crippen LogP contribution in [0.4, 0.5) is 0 Å². The van der Waals surface area contributed by atoms with Gasteiger partial charge < -0.3 is 0 Å². The normalized spacial score (nSPS) is 15.0. The molecule has 0 heterocycles. The molecule has 0 amide bonds. The van der Waals surface area contributed by atoms with E-state index >= 15 is 0 Å². The van der Waals surface area contributed by atoms with Gasteiger partial charge in [0.25, 0.3) is 0 Å². The molecule has 0 aromatic heterocycles. The number of hydrogen-bond acceptors (Lipinski definition) is 1. The van der Waals surface area contributed by atoms with Crippen molar-refractivity contribution in [2.75, 3.05) is 0 Å². The van der Waals surface area contributed by atoms with E-state index in [0.29, 0.717) is 0 Å². The van der Waals surface area contributed by atoms with Gasteiger partial charge in [-0.25, -0.2) is 0 Å². The van der Waals surface area contributed by atoms with E-state index in [1.54, 1.807) is 0 Å². The van der Waals surface area contributed by atoms with E-state index in [2.05, 4.69) is 11.4 Å². The Hall–Kier alpha value is 0.518. The molecule has 1 unspecified atom stereocenters. The van der Waals surface area contributed by atoms with Gasteiger partial charge in [0.15, 0.2) is 0 Å². The van der Waals surface area contributed by atoms with Gasteiger partial charge in [0.1, 0.15) is 0 Å².